The van der Waals surface area contributed by atoms with Gasteiger partial charge in [-0.2, -0.15) is 11.8 Å². The number of nitrogens with one attached hydrogen (secondary N) is 3. The molecule has 1 unspecified atom stereocenters. The van der Waals surface area contributed by atoms with E-state index in [0.717, 1.165) is 23.6 Å². The van der Waals surface area contributed by atoms with E-state index in [1.54, 1.807) is 30.9 Å². The minimum atomic E-state index is -0.107. The molecule has 1 heterocycles. The van der Waals surface area contributed by atoms with Crippen LogP contribution in [0.25, 0.3) is 0 Å². The van der Waals surface area contributed by atoms with Gasteiger partial charge in [-0.25, -0.2) is 0 Å². The zero-order chi connectivity index (χ0) is 14.4. The molecule has 0 aromatic heterocycles. The van der Waals surface area contributed by atoms with Crippen LogP contribution in [-0.4, -0.2) is 43.0 Å². The largest absolute Gasteiger partial charge is 0.355 e. The lowest BCUT2D eigenvalue weighted by atomic mass is 10.1. The summed E-state index contributed by atoms with van der Waals surface area (Å²) < 4.78 is 0. The summed E-state index contributed by atoms with van der Waals surface area (Å²) in [4.78, 5) is 23.3. The van der Waals surface area contributed by atoms with Gasteiger partial charge in [0, 0.05) is 37.2 Å². The molecule has 1 saturated heterocycles. The summed E-state index contributed by atoms with van der Waals surface area (Å²) in [5.74, 6) is 1.81. The molecule has 0 spiro atoms. The van der Waals surface area contributed by atoms with Gasteiger partial charge in [-0.1, -0.05) is 12.1 Å². The highest BCUT2D eigenvalue weighted by Crippen LogP contribution is 2.08. The Balaban J connectivity index is 1.84. The summed E-state index contributed by atoms with van der Waals surface area (Å²) in [6.07, 6.45) is 0. The molecule has 1 atom stereocenters. The fourth-order valence-corrected chi connectivity index (χ4v) is 2.90. The quantitative estimate of drug-likeness (QED) is 0.750. The third-order valence-electron chi connectivity index (χ3n) is 3.15. The molecule has 0 saturated carbocycles. The van der Waals surface area contributed by atoms with Crippen molar-refractivity contribution in [1.29, 1.82) is 0 Å². The van der Waals surface area contributed by atoms with Crippen LogP contribution in [0.2, 0.25) is 0 Å². The zero-order valence-electron chi connectivity index (χ0n) is 11.4. The second-order valence-electron chi connectivity index (χ2n) is 4.58. The predicted octanol–water partition coefficient (Wildman–Crippen LogP) is 0.367. The molecular weight excluding hydrogens is 274 g/mol. The van der Waals surface area contributed by atoms with Crippen LogP contribution in [0.15, 0.2) is 24.3 Å². The number of benzene rings is 1. The number of hydrogen-bond donors (Lipinski definition) is 3. The molecule has 1 aliphatic heterocycles. The van der Waals surface area contributed by atoms with Crippen molar-refractivity contribution in [2.24, 2.45) is 0 Å². The van der Waals surface area contributed by atoms with Gasteiger partial charge < -0.3 is 16.0 Å². The van der Waals surface area contributed by atoms with Crippen molar-refractivity contribution in [3.8, 4) is 0 Å². The summed E-state index contributed by atoms with van der Waals surface area (Å²) >= 11 is 1.79. The van der Waals surface area contributed by atoms with Gasteiger partial charge in [-0.15, -0.1) is 0 Å². The van der Waals surface area contributed by atoms with Gasteiger partial charge in [-0.05, 0) is 17.7 Å². The van der Waals surface area contributed by atoms with Crippen molar-refractivity contribution in [3.63, 3.8) is 0 Å². The third kappa shape index (κ3) is 3.98. The molecule has 1 aliphatic rings. The maximum Gasteiger partial charge on any atom is 0.251 e. The number of carbonyl (C=O) groups excluding carboxylic acids is 2. The Bertz CT molecular complexity index is 470. The number of carbonyl (C=O) groups is 2. The fraction of sp³-hybridized carbons (Fsp3) is 0.429. The van der Waals surface area contributed by atoms with Crippen molar-refractivity contribution >= 4 is 23.6 Å². The van der Waals surface area contributed by atoms with E-state index < -0.39 is 0 Å². The Kier molecular flexibility index (Phi) is 5.43. The monoisotopic (exact) mass is 293 g/mol. The summed E-state index contributed by atoms with van der Waals surface area (Å²) in [6.45, 7) is 1.36. The lowest BCUT2D eigenvalue weighted by Crippen LogP contribution is -2.48. The zero-order valence-corrected chi connectivity index (χ0v) is 12.3. The minimum absolute atomic E-state index is 0.0348. The fourth-order valence-electron chi connectivity index (χ4n) is 1.96. The number of hydrogen-bond acceptors (Lipinski definition) is 4. The smallest absolute Gasteiger partial charge is 0.251 e. The van der Waals surface area contributed by atoms with Crippen LogP contribution in [0, 0.1) is 0 Å². The lowest BCUT2D eigenvalue weighted by molar-refractivity contribution is -0.122. The first kappa shape index (κ1) is 14.9. The van der Waals surface area contributed by atoms with Crippen LogP contribution in [0.3, 0.4) is 0 Å². The van der Waals surface area contributed by atoms with E-state index in [2.05, 4.69) is 16.0 Å². The van der Waals surface area contributed by atoms with Crippen molar-refractivity contribution in [3.05, 3.63) is 35.4 Å². The summed E-state index contributed by atoms with van der Waals surface area (Å²) in [5, 5.41) is 8.69. The Morgan fingerprint density at radius 3 is 2.70 bits per heavy atom. The van der Waals surface area contributed by atoms with Crippen LogP contribution in [0.5, 0.6) is 0 Å². The number of amides is 2. The molecule has 5 nitrogen and oxygen atoms in total. The van der Waals surface area contributed by atoms with Crippen LogP contribution >= 0.6 is 11.8 Å². The Hall–Kier alpha value is -1.53. The molecule has 0 aliphatic carbocycles. The van der Waals surface area contributed by atoms with Crippen LogP contribution in [0.4, 0.5) is 0 Å². The Morgan fingerprint density at radius 1 is 1.35 bits per heavy atom. The molecule has 1 fully saturated rings. The molecule has 1 aromatic rings. The summed E-state index contributed by atoms with van der Waals surface area (Å²) in [7, 11) is 1.60. The number of rotatable bonds is 4. The molecule has 0 bridgehead atoms. The summed E-state index contributed by atoms with van der Waals surface area (Å²) in [5.41, 5.74) is 1.60. The molecule has 0 radical (unpaired) electrons. The average molecular weight is 293 g/mol. The van der Waals surface area contributed by atoms with E-state index in [0.29, 0.717) is 12.1 Å². The highest BCUT2D eigenvalue weighted by atomic mass is 32.2. The first-order valence-electron chi connectivity index (χ1n) is 6.60. The standard InChI is InChI=1S/C14H19N3O2S/c1-15-13(18)11-4-2-10(3-5-11)8-17-14(19)12-9-20-7-6-16-12/h2-5,12,16H,6-9H2,1H3,(H,15,18)(H,17,19). The summed E-state index contributed by atoms with van der Waals surface area (Å²) in [6, 6.07) is 7.13. The topological polar surface area (TPSA) is 70.2 Å². The van der Waals surface area contributed by atoms with Gasteiger partial charge in [0.15, 0.2) is 0 Å². The lowest BCUT2D eigenvalue weighted by Gasteiger charge is -2.22. The Morgan fingerprint density at radius 2 is 2.10 bits per heavy atom. The van der Waals surface area contributed by atoms with Crippen molar-refractivity contribution in [1.82, 2.24) is 16.0 Å². The van der Waals surface area contributed by atoms with E-state index in [-0.39, 0.29) is 17.9 Å². The van der Waals surface area contributed by atoms with Crippen molar-refractivity contribution in [2.45, 2.75) is 12.6 Å². The SMILES string of the molecule is CNC(=O)c1ccc(CNC(=O)C2CSCCN2)cc1. The first-order valence-corrected chi connectivity index (χ1v) is 7.76. The van der Waals surface area contributed by atoms with Crippen LogP contribution < -0.4 is 16.0 Å². The Labute approximate surface area is 122 Å². The molecule has 20 heavy (non-hydrogen) atoms. The third-order valence-corrected chi connectivity index (χ3v) is 4.21. The molecule has 1 aromatic carbocycles. The van der Waals surface area contributed by atoms with Gasteiger partial charge in [0.1, 0.15) is 0 Å². The van der Waals surface area contributed by atoms with Gasteiger partial charge in [0.25, 0.3) is 5.91 Å². The highest BCUT2D eigenvalue weighted by molar-refractivity contribution is 7.99. The normalized spacial score (nSPS) is 18.4. The van der Waals surface area contributed by atoms with E-state index >= 15 is 0 Å². The molecule has 6 heteroatoms. The first-order chi connectivity index (χ1) is 9.70. The molecule has 3 N–H and O–H groups in total. The van der Waals surface area contributed by atoms with Gasteiger partial charge >= 0.3 is 0 Å². The van der Waals surface area contributed by atoms with Crippen LogP contribution in [-0.2, 0) is 11.3 Å². The number of thioether (sulfide) groups is 1. The maximum atomic E-state index is 11.9. The maximum absolute atomic E-state index is 11.9. The van der Waals surface area contributed by atoms with Gasteiger partial charge in [0.05, 0.1) is 6.04 Å². The van der Waals surface area contributed by atoms with Gasteiger partial charge in [-0.3, -0.25) is 9.59 Å². The second kappa shape index (κ2) is 7.31. The van der Waals surface area contributed by atoms with E-state index in [4.69, 9.17) is 0 Å². The molecule has 108 valence electrons. The minimum Gasteiger partial charge on any atom is -0.355 e. The van der Waals surface area contributed by atoms with Crippen molar-refractivity contribution in [2.75, 3.05) is 25.1 Å². The van der Waals surface area contributed by atoms with Gasteiger partial charge in [0.2, 0.25) is 5.91 Å². The van der Waals surface area contributed by atoms with Crippen LogP contribution in [0.1, 0.15) is 15.9 Å². The average Bonchev–Trinajstić information content (AvgIpc) is 2.53. The molecule has 2 amide bonds. The molecule has 2 rings (SSSR count). The highest BCUT2D eigenvalue weighted by Gasteiger charge is 2.20. The predicted molar refractivity (Wildman–Crippen MR) is 80.8 cm³/mol. The van der Waals surface area contributed by atoms with E-state index in [1.165, 1.54) is 0 Å². The van der Waals surface area contributed by atoms with E-state index in [1.807, 2.05) is 12.1 Å². The van der Waals surface area contributed by atoms with E-state index in [9.17, 15) is 9.59 Å². The van der Waals surface area contributed by atoms with Crippen molar-refractivity contribution < 1.29 is 9.59 Å². The second-order valence-corrected chi connectivity index (χ2v) is 5.73. The molecular formula is C14H19N3O2S.